The topological polar surface area (TPSA) is 99.8 Å². The first-order valence-electron chi connectivity index (χ1n) is 7.45. The molecule has 2 aromatic carbocycles. The highest BCUT2D eigenvalue weighted by atomic mass is 16.3. The lowest BCUT2D eigenvalue weighted by molar-refractivity contribution is 0.475. The van der Waals surface area contributed by atoms with Crippen LogP contribution in [0.2, 0.25) is 0 Å². The number of nitrogen functional groups attached to an aromatic ring is 1. The van der Waals surface area contributed by atoms with Crippen molar-refractivity contribution in [1.82, 2.24) is 15.0 Å². The van der Waals surface area contributed by atoms with Gasteiger partial charge in [0.05, 0.1) is 0 Å². The number of fused-ring (bicyclic) bond motifs is 1. The first kappa shape index (κ1) is 14.1. The van der Waals surface area contributed by atoms with E-state index in [2.05, 4.69) is 20.3 Å². The number of rotatable bonds is 3. The molecular weight excluding hydrogens is 302 g/mol. The number of phenols is 1. The third-order valence-electron chi connectivity index (χ3n) is 3.79. The molecule has 5 N–H and O–H groups in total. The first-order chi connectivity index (χ1) is 11.7. The molecule has 0 aliphatic heterocycles. The molecule has 0 radical (unpaired) electrons. The molecule has 24 heavy (non-hydrogen) atoms. The van der Waals surface area contributed by atoms with E-state index in [1.165, 1.54) is 0 Å². The number of nitrogens with one attached hydrogen (secondary N) is 2. The van der Waals surface area contributed by atoms with Crippen LogP contribution in [0.4, 0.5) is 17.5 Å². The van der Waals surface area contributed by atoms with Crippen LogP contribution in [0.15, 0.2) is 60.9 Å². The van der Waals surface area contributed by atoms with Crippen molar-refractivity contribution >= 4 is 28.4 Å². The lowest BCUT2D eigenvalue weighted by Crippen LogP contribution is -2.02. The summed E-state index contributed by atoms with van der Waals surface area (Å²) in [5, 5.41) is 13.9. The summed E-state index contributed by atoms with van der Waals surface area (Å²) in [4.78, 5) is 11.8. The smallest absolute Gasteiger partial charge is 0.229 e. The fourth-order valence-corrected chi connectivity index (χ4v) is 2.61. The number of H-pyrrole nitrogens is 1. The molecule has 0 fully saturated rings. The fraction of sp³-hybridized carbons (Fsp3) is 0. The van der Waals surface area contributed by atoms with Gasteiger partial charge in [-0.3, -0.25) is 0 Å². The normalized spacial score (nSPS) is 10.8. The third kappa shape index (κ3) is 2.61. The molecule has 0 aliphatic carbocycles. The van der Waals surface area contributed by atoms with Gasteiger partial charge in [0.1, 0.15) is 11.6 Å². The van der Waals surface area contributed by atoms with Crippen molar-refractivity contribution in [2.75, 3.05) is 11.1 Å². The number of aromatic hydroxyl groups is 1. The predicted octanol–water partition coefficient (Wildman–Crippen LogP) is 3.66. The lowest BCUT2D eigenvalue weighted by Gasteiger charge is -2.09. The lowest BCUT2D eigenvalue weighted by atomic mass is 10.1. The molecule has 0 spiro atoms. The van der Waals surface area contributed by atoms with Gasteiger partial charge in [-0.05, 0) is 41.3 Å². The summed E-state index contributed by atoms with van der Waals surface area (Å²) in [6, 6.07) is 14.8. The van der Waals surface area contributed by atoms with Crippen molar-refractivity contribution in [3.63, 3.8) is 0 Å². The van der Waals surface area contributed by atoms with E-state index in [9.17, 15) is 5.11 Å². The summed E-state index contributed by atoms with van der Waals surface area (Å²) in [7, 11) is 0. The van der Waals surface area contributed by atoms with Crippen LogP contribution in [-0.2, 0) is 0 Å². The molecule has 0 aliphatic rings. The van der Waals surface area contributed by atoms with Gasteiger partial charge in [-0.25, -0.2) is 4.98 Å². The van der Waals surface area contributed by atoms with Crippen LogP contribution in [0.25, 0.3) is 22.0 Å². The number of phenolic OH excluding ortho intramolecular Hbond substituents is 1. The highest BCUT2D eigenvalue weighted by Crippen LogP contribution is 2.28. The Morgan fingerprint density at radius 3 is 2.83 bits per heavy atom. The summed E-state index contributed by atoms with van der Waals surface area (Å²) in [6.45, 7) is 0. The first-order valence-corrected chi connectivity index (χ1v) is 7.45. The molecule has 0 atom stereocenters. The average Bonchev–Trinajstić information content (AvgIpc) is 3.02. The molecule has 2 aromatic heterocycles. The number of nitrogens with zero attached hydrogens (tertiary/aromatic N) is 2. The second-order valence-electron chi connectivity index (χ2n) is 5.45. The second kappa shape index (κ2) is 5.58. The molecule has 0 bridgehead atoms. The molecule has 118 valence electrons. The summed E-state index contributed by atoms with van der Waals surface area (Å²) in [6.07, 6.45) is 3.54. The molecule has 6 heteroatoms. The predicted molar refractivity (Wildman–Crippen MR) is 95.1 cm³/mol. The van der Waals surface area contributed by atoms with Crippen LogP contribution in [0.1, 0.15) is 0 Å². The number of hydrogen-bond acceptors (Lipinski definition) is 5. The monoisotopic (exact) mass is 317 g/mol. The SMILES string of the molecule is Nc1nc(Nc2ccc3cc[nH]c3c2)ncc1-c1cccc(O)c1. The summed E-state index contributed by atoms with van der Waals surface area (Å²) in [5.74, 6) is 0.940. The number of aromatic nitrogens is 3. The molecule has 0 saturated heterocycles. The Labute approximate surface area is 138 Å². The third-order valence-corrected chi connectivity index (χ3v) is 3.79. The zero-order chi connectivity index (χ0) is 16.5. The van der Waals surface area contributed by atoms with Gasteiger partial charge in [-0.15, -0.1) is 0 Å². The van der Waals surface area contributed by atoms with E-state index in [1.807, 2.05) is 36.5 Å². The van der Waals surface area contributed by atoms with Crippen molar-refractivity contribution in [3.05, 3.63) is 60.9 Å². The molecule has 4 rings (SSSR count). The summed E-state index contributed by atoms with van der Waals surface area (Å²) >= 11 is 0. The maximum atomic E-state index is 9.59. The molecule has 4 aromatic rings. The van der Waals surface area contributed by atoms with E-state index >= 15 is 0 Å². The summed E-state index contributed by atoms with van der Waals surface area (Å²) < 4.78 is 0. The fourth-order valence-electron chi connectivity index (χ4n) is 2.61. The number of aromatic amines is 1. The van der Waals surface area contributed by atoms with Crippen molar-refractivity contribution in [3.8, 4) is 16.9 Å². The Morgan fingerprint density at radius 2 is 2.00 bits per heavy atom. The van der Waals surface area contributed by atoms with E-state index in [4.69, 9.17) is 5.73 Å². The van der Waals surface area contributed by atoms with Crippen LogP contribution in [0.3, 0.4) is 0 Å². The van der Waals surface area contributed by atoms with E-state index in [0.717, 1.165) is 22.2 Å². The zero-order valence-electron chi connectivity index (χ0n) is 12.7. The maximum Gasteiger partial charge on any atom is 0.229 e. The van der Waals surface area contributed by atoms with E-state index < -0.39 is 0 Å². The second-order valence-corrected chi connectivity index (χ2v) is 5.45. The number of benzene rings is 2. The summed E-state index contributed by atoms with van der Waals surface area (Å²) in [5.41, 5.74) is 9.40. The van der Waals surface area contributed by atoms with Gasteiger partial charge in [0, 0.05) is 29.2 Å². The standard InChI is InChI=1S/C18H15N5O/c19-17-15(12-2-1-3-14(24)8-12)10-21-18(23-17)22-13-5-4-11-6-7-20-16(11)9-13/h1-10,20,24H,(H3,19,21,22,23). The zero-order valence-corrected chi connectivity index (χ0v) is 12.7. The Balaban J connectivity index is 1.63. The van der Waals surface area contributed by atoms with E-state index in [-0.39, 0.29) is 5.75 Å². The van der Waals surface area contributed by atoms with Crippen molar-refractivity contribution in [2.24, 2.45) is 0 Å². The van der Waals surface area contributed by atoms with Gasteiger partial charge in [0.15, 0.2) is 0 Å². The minimum atomic E-state index is 0.174. The Kier molecular flexibility index (Phi) is 3.28. The van der Waals surface area contributed by atoms with Crippen LogP contribution in [0, 0.1) is 0 Å². The molecule has 2 heterocycles. The molecule has 0 saturated carbocycles. The minimum absolute atomic E-state index is 0.174. The van der Waals surface area contributed by atoms with Crippen LogP contribution < -0.4 is 11.1 Å². The number of hydrogen-bond donors (Lipinski definition) is 4. The van der Waals surface area contributed by atoms with Crippen LogP contribution >= 0.6 is 0 Å². The Hall–Kier alpha value is -3.54. The van der Waals surface area contributed by atoms with Crippen molar-refractivity contribution < 1.29 is 5.11 Å². The maximum absolute atomic E-state index is 9.59. The van der Waals surface area contributed by atoms with Crippen molar-refractivity contribution in [2.45, 2.75) is 0 Å². The quantitative estimate of drug-likeness (QED) is 0.462. The molecule has 6 nitrogen and oxygen atoms in total. The number of nitrogens with two attached hydrogens (primary N) is 1. The van der Waals surface area contributed by atoms with Crippen LogP contribution in [0.5, 0.6) is 5.75 Å². The van der Waals surface area contributed by atoms with Gasteiger partial charge < -0.3 is 21.1 Å². The van der Waals surface area contributed by atoms with Gasteiger partial charge >= 0.3 is 0 Å². The van der Waals surface area contributed by atoms with Gasteiger partial charge in [-0.2, -0.15) is 4.98 Å². The molecular formula is C18H15N5O. The number of anilines is 3. The van der Waals surface area contributed by atoms with Gasteiger partial charge in [0.25, 0.3) is 0 Å². The van der Waals surface area contributed by atoms with Crippen LogP contribution in [-0.4, -0.2) is 20.1 Å². The highest BCUT2D eigenvalue weighted by molar-refractivity contribution is 5.83. The van der Waals surface area contributed by atoms with E-state index in [0.29, 0.717) is 17.3 Å². The molecule has 0 amide bonds. The van der Waals surface area contributed by atoms with E-state index in [1.54, 1.807) is 24.4 Å². The van der Waals surface area contributed by atoms with Gasteiger partial charge in [-0.1, -0.05) is 18.2 Å². The molecule has 0 unspecified atom stereocenters. The highest BCUT2D eigenvalue weighted by Gasteiger charge is 2.08. The Morgan fingerprint density at radius 1 is 1.08 bits per heavy atom. The Bertz CT molecular complexity index is 1020. The average molecular weight is 317 g/mol. The largest absolute Gasteiger partial charge is 0.508 e. The van der Waals surface area contributed by atoms with Gasteiger partial charge in [0.2, 0.25) is 5.95 Å². The minimum Gasteiger partial charge on any atom is -0.508 e. The van der Waals surface area contributed by atoms with Crippen molar-refractivity contribution in [1.29, 1.82) is 0 Å².